The first-order valence-corrected chi connectivity index (χ1v) is 5.89. The van der Waals surface area contributed by atoms with Crippen LogP contribution in [0.1, 0.15) is 16.8 Å². The van der Waals surface area contributed by atoms with Gasteiger partial charge in [-0.05, 0) is 19.0 Å². The van der Waals surface area contributed by atoms with E-state index in [4.69, 9.17) is 5.11 Å². The molecule has 1 saturated heterocycles. The molecule has 1 aliphatic heterocycles. The lowest BCUT2D eigenvalue weighted by molar-refractivity contribution is 0.0759. The number of carbonyl (C=O) groups excluding carboxylic acids is 1. The van der Waals surface area contributed by atoms with Crippen LogP contribution in [0, 0.1) is 17.5 Å². The minimum atomic E-state index is -1.69. The highest BCUT2D eigenvalue weighted by Gasteiger charge is 2.26. The Balaban J connectivity index is 0.00000200. The molecule has 0 atom stereocenters. The lowest BCUT2D eigenvalue weighted by Gasteiger charge is -2.20. The number of nitrogens with one attached hydrogen (secondary N) is 1. The van der Waals surface area contributed by atoms with E-state index < -0.39 is 34.7 Å². The van der Waals surface area contributed by atoms with Crippen LogP contribution in [0.25, 0.3) is 0 Å². The Kier molecular flexibility index (Phi) is 5.64. The molecule has 1 aromatic carbocycles. The van der Waals surface area contributed by atoms with E-state index >= 15 is 0 Å². The van der Waals surface area contributed by atoms with E-state index in [1.54, 1.807) is 0 Å². The Morgan fingerprint density at radius 2 is 1.90 bits per heavy atom. The highest BCUT2D eigenvalue weighted by Crippen LogP contribution is 2.26. The van der Waals surface area contributed by atoms with Gasteiger partial charge in [0, 0.05) is 19.6 Å². The molecule has 1 amide bonds. The fourth-order valence-electron chi connectivity index (χ4n) is 1.97. The standard InChI is InChI=1S/C12H13F3N2O2.ClH/c13-8-6-7(9(14)11(18)10(8)15)12(19)17-4-1-2-16-3-5-17;/h6,16,18H,1-5H2;1H. The molecule has 0 bridgehead atoms. The van der Waals surface area contributed by atoms with Crippen LogP contribution in [-0.4, -0.2) is 42.1 Å². The molecular formula is C12H14ClF3N2O2. The number of aromatic hydroxyl groups is 1. The van der Waals surface area contributed by atoms with Crippen molar-refractivity contribution in [3.8, 4) is 5.75 Å². The Labute approximate surface area is 120 Å². The number of phenols is 1. The van der Waals surface area contributed by atoms with Crippen molar-refractivity contribution in [2.45, 2.75) is 6.42 Å². The summed E-state index contributed by atoms with van der Waals surface area (Å²) < 4.78 is 39.7. The first kappa shape index (κ1) is 16.6. The van der Waals surface area contributed by atoms with Crippen LogP contribution in [0.15, 0.2) is 6.07 Å². The van der Waals surface area contributed by atoms with Crippen molar-refractivity contribution in [1.82, 2.24) is 10.2 Å². The molecule has 112 valence electrons. The van der Waals surface area contributed by atoms with Crippen LogP contribution in [0.4, 0.5) is 13.2 Å². The van der Waals surface area contributed by atoms with Crippen LogP contribution < -0.4 is 5.32 Å². The summed E-state index contributed by atoms with van der Waals surface area (Å²) in [5, 5.41) is 12.2. The van der Waals surface area contributed by atoms with E-state index in [1.807, 2.05) is 0 Å². The van der Waals surface area contributed by atoms with Gasteiger partial charge in [0.25, 0.3) is 5.91 Å². The molecule has 4 nitrogen and oxygen atoms in total. The monoisotopic (exact) mass is 310 g/mol. The van der Waals surface area contributed by atoms with Crippen molar-refractivity contribution in [1.29, 1.82) is 0 Å². The van der Waals surface area contributed by atoms with Gasteiger partial charge in [0.2, 0.25) is 5.82 Å². The number of benzene rings is 1. The van der Waals surface area contributed by atoms with Crippen LogP contribution in [-0.2, 0) is 0 Å². The van der Waals surface area contributed by atoms with Crippen molar-refractivity contribution in [2.75, 3.05) is 26.2 Å². The van der Waals surface area contributed by atoms with Gasteiger partial charge in [-0.3, -0.25) is 4.79 Å². The van der Waals surface area contributed by atoms with Gasteiger partial charge in [-0.15, -0.1) is 12.4 Å². The van der Waals surface area contributed by atoms with E-state index in [2.05, 4.69) is 5.32 Å². The van der Waals surface area contributed by atoms with Crippen molar-refractivity contribution < 1.29 is 23.1 Å². The molecule has 2 N–H and O–H groups in total. The summed E-state index contributed by atoms with van der Waals surface area (Å²) in [6, 6.07) is 0.477. The average Bonchev–Trinajstić information content (AvgIpc) is 2.68. The van der Waals surface area contributed by atoms with Crippen LogP contribution in [0.2, 0.25) is 0 Å². The van der Waals surface area contributed by atoms with Gasteiger partial charge in [0.05, 0.1) is 5.56 Å². The third-order valence-corrected chi connectivity index (χ3v) is 2.99. The first-order valence-electron chi connectivity index (χ1n) is 5.89. The fraction of sp³-hybridized carbons (Fsp3) is 0.417. The summed E-state index contributed by atoms with van der Waals surface area (Å²) in [5.41, 5.74) is -0.654. The average molecular weight is 311 g/mol. The molecule has 0 saturated carbocycles. The molecule has 1 aromatic rings. The second-order valence-electron chi connectivity index (χ2n) is 4.28. The quantitative estimate of drug-likeness (QED) is 0.776. The molecule has 0 radical (unpaired) electrons. The summed E-state index contributed by atoms with van der Waals surface area (Å²) >= 11 is 0. The summed E-state index contributed by atoms with van der Waals surface area (Å²) in [4.78, 5) is 13.4. The molecule has 0 unspecified atom stereocenters. The normalized spacial score (nSPS) is 15.4. The number of amides is 1. The Morgan fingerprint density at radius 1 is 1.20 bits per heavy atom. The van der Waals surface area contributed by atoms with Crippen LogP contribution in [0.3, 0.4) is 0 Å². The highest BCUT2D eigenvalue weighted by molar-refractivity contribution is 5.95. The Morgan fingerprint density at radius 3 is 2.60 bits per heavy atom. The summed E-state index contributed by atoms with van der Waals surface area (Å²) in [6.45, 7) is 2.02. The van der Waals surface area contributed by atoms with E-state index in [-0.39, 0.29) is 12.4 Å². The topological polar surface area (TPSA) is 52.6 Å². The number of phenolic OH excluding ortho intramolecular Hbond substituents is 1. The smallest absolute Gasteiger partial charge is 0.257 e. The Hall–Kier alpha value is -1.47. The van der Waals surface area contributed by atoms with Crippen LogP contribution in [0.5, 0.6) is 5.75 Å². The van der Waals surface area contributed by atoms with Crippen molar-refractivity contribution in [3.63, 3.8) is 0 Å². The van der Waals surface area contributed by atoms with Crippen LogP contribution >= 0.6 is 12.4 Å². The van der Waals surface area contributed by atoms with Gasteiger partial charge >= 0.3 is 0 Å². The maximum absolute atomic E-state index is 13.6. The zero-order valence-corrected chi connectivity index (χ0v) is 11.3. The van der Waals surface area contributed by atoms with Gasteiger partial charge in [-0.25, -0.2) is 8.78 Å². The number of hydrogen-bond donors (Lipinski definition) is 2. The van der Waals surface area contributed by atoms with E-state index in [9.17, 15) is 18.0 Å². The molecule has 8 heteroatoms. The Bertz CT molecular complexity index is 506. The van der Waals surface area contributed by atoms with E-state index in [0.717, 1.165) is 6.54 Å². The van der Waals surface area contributed by atoms with E-state index in [0.29, 0.717) is 32.1 Å². The zero-order chi connectivity index (χ0) is 14.0. The predicted molar refractivity (Wildman–Crippen MR) is 68.6 cm³/mol. The second kappa shape index (κ2) is 6.81. The molecule has 0 spiro atoms. The van der Waals surface area contributed by atoms with Gasteiger partial charge in [-0.2, -0.15) is 4.39 Å². The lowest BCUT2D eigenvalue weighted by Crippen LogP contribution is -2.34. The SMILES string of the molecule is Cl.O=C(c1cc(F)c(F)c(O)c1F)N1CCCNCC1. The lowest BCUT2D eigenvalue weighted by atomic mass is 10.1. The minimum absolute atomic E-state index is 0. The first-order chi connectivity index (χ1) is 9.02. The number of carbonyl (C=O) groups is 1. The molecule has 1 fully saturated rings. The van der Waals surface area contributed by atoms with Gasteiger partial charge in [0.1, 0.15) is 0 Å². The van der Waals surface area contributed by atoms with Crippen molar-refractivity contribution >= 4 is 18.3 Å². The van der Waals surface area contributed by atoms with Gasteiger partial charge in [0.15, 0.2) is 17.4 Å². The summed E-state index contributed by atoms with van der Waals surface area (Å²) in [7, 11) is 0. The fourth-order valence-corrected chi connectivity index (χ4v) is 1.97. The molecule has 0 aliphatic carbocycles. The number of rotatable bonds is 1. The highest BCUT2D eigenvalue weighted by atomic mass is 35.5. The maximum Gasteiger partial charge on any atom is 0.257 e. The molecule has 1 aliphatic rings. The zero-order valence-electron chi connectivity index (χ0n) is 10.5. The number of halogens is 4. The third kappa shape index (κ3) is 3.16. The molecule has 20 heavy (non-hydrogen) atoms. The molecule has 1 heterocycles. The predicted octanol–water partition coefficient (Wildman–Crippen LogP) is 1.67. The number of nitrogens with zero attached hydrogens (tertiary/aromatic N) is 1. The van der Waals surface area contributed by atoms with Gasteiger partial charge < -0.3 is 15.3 Å². The summed E-state index contributed by atoms with van der Waals surface area (Å²) in [5.74, 6) is -6.78. The number of hydrogen-bond acceptors (Lipinski definition) is 3. The van der Waals surface area contributed by atoms with Crippen molar-refractivity contribution in [3.05, 3.63) is 29.1 Å². The largest absolute Gasteiger partial charge is 0.503 e. The maximum atomic E-state index is 13.6. The minimum Gasteiger partial charge on any atom is -0.503 e. The molecular weight excluding hydrogens is 297 g/mol. The molecule has 2 rings (SSSR count). The van der Waals surface area contributed by atoms with Gasteiger partial charge in [-0.1, -0.05) is 0 Å². The molecule has 0 aromatic heterocycles. The summed E-state index contributed by atoms with van der Waals surface area (Å²) in [6.07, 6.45) is 0.684. The second-order valence-corrected chi connectivity index (χ2v) is 4.28. The van der Waals surface area contributed by atoms with E-state index in [1.165, 1.54) is 4.90 Å². The third-order valence-electron chi connectivity index (χ3n) is 2.99. The van der Waals surface area contributed by atoms with Crippen molar-refractivity contribution in [2.24, 2.45) is 0 Å².